The molecule has 6 N–H and O–H groups in total. The number of benzene rings is 2. The summed E-state index contributed by atoms with van der Waals surface area (Å²) in [7, 11) is 0. The largest absolute Gasteiger partial charge is 0.398 e. The fraction of sp³-hybridized carbons (Fsp3) is 0.0526. The molecule has 2 aromatic carbocycles. The number of nitrogens with one attached hydrogen (secondary N) is 2. The van der Waals surface area contributed by atoms with Crippen LogP contribution < -0.4 is 16.8 Å². The quantitative estimate of drug-likeness (QED) is 0.330. The number of rotatable bonds is 5. The molecule has 0 saturated carbocycles. The second kappa shape index (κ2) is 6.83. The Kier molecular flexibility index (Phi) is 4.43. The smallest absolute Gasteiger partial charge is 0.124 e. The maximum absolute atomic E-state index is 7.50. The Morgan fingerprint density at radius 1 is 1.00 bits per heavy atom. The van der Waals surface area contributed by atoms with E-state index in [1.54, 1.807) is 18.5 Å². The van der Waals surface area contributed by atoms with E-state index < -0.39 is 0 Å². The van der Waals surface area contributed by atoms with Crippen LogP contribution in [-0.2, 0) is 6.54 Å². The molecule has 24 heavy (non-hydrogen) atoms. The summed E-state index contributed by atoms with van der Waals surface area (Å²) in [5.41, 5.74) is 16.5. The Labute approximate surface area is 140 Å². The normalized spacial score (nSPS) is 10.3. The lowest BCUT2D eigenvalue weighted by atomic mass is 10.0. The third kappa shape index (κ3) is 3.52. The van der Waals surface area contributed by atoms with Gasteiger partial charge in [0.2, 0.25) is 0 Å². The average molecular weight is 317 g/mol. The predicted octanol–water partition coefficient (Wildman–Crippen LogP) is 3.23. The summed E-state index contributed by atoms with van der Waals surface area (Å²) in [4.78, 5) is 4.29. The van der Waals surface area contributed by atoms with E-state index in [0.29, 0.717) is 11.3 Å². The maximum atomic E-state index is 7.50. The number of aromatic nitrogens is 1. The van der Waals surface area contributed by atoms with Crippen LogP contribution in [-0.4, -0.2) is 10.8 Å². The number of hydrogen-bond acceptors (Lipinski definition) is 4. The molecule has 1 aromatic heterocycles. The first-order chi connectivity index (χ1) is 11.6. The molecule has 3 aromatic rings. The summed E-state index contributed by atoms with van der Waals surface area (Å²) in [5, 5.41) is 10.9. The summed E-state index contributed by atoms with van der Waals surface area (Å²) in [6.45, 7) is 0.734. The van der Waals surface area contributed by atoms with Crippen molar-refractivity contribution in [3.8, 4) is 11.1 Å². The van der Waals surface area contributed by atoms with E-state index in [9.17, 15) is 0 Å². The Bertz CT molecular complexity index is 859. The standard InChI is InChI=1S/C19H19N5/c20-18-9-14(6-7-17(18)19(21)22)15-8-16(12-23-11-15)24-10-13-4-2-1-3-5-13/h1-9,11-12,24H,10,20H2,(H3,21,22). The molecular formula is C19H19N5. The lowest BCUT2D eigenvalue weighted by Gasteiger charge is -2.10. The van der Waals surface area contributed by atoms with E-state index in [-0.39, 0.29) is 5.84 Å². The number of anilines is 2. The van der Waals surface area contributed by atoms with Crippen molar-refractivity contribution in [3.05, 3.63) is 78.1 Å². The Morgan fingerprint density at radius 2 is 1.79 bits per heavy atom. The molecule has 0 radical (unpaired) electrons. The van der Waals surface area contributed by atoms with Gasteiger partial charge in [0.15, 0.2) is 0 Å². The highest BCUT2D eigenvalue weighted by Crippen LogP contribution is 2.25. The van der Waals surface area contributed by atoms with Crippen LogP contribution in [0.2, 0.25) is 0 Å². The van der Waals surface area contributed by atoms with E-state index in [1.807, 2.05) is 36.4 Å². The van der Waals surface area contributed by atoms with Crippen molar-refractivity contribution in [3.63, 3.8) is 0 Å². The monoisotopic (exact) mass is 317 g/mol. The van der Waals surface area contributed by atoms with Gasteiger partial charge >= 0.3 is 0 Å². The summed E-state index contributed by atoms with van der Waals surface area (Å²) in [6.07, 6.45) is 3.58. The van der Waals surface area contributed by atoms with Crippen LogP contribution in [0.25, 0.3) is 11.1 Å². The van der Waals surface area contributed by atoms with Gasteiger partial charge in [-0.2, -0.15) is 0 Å². The summed E-state index contributed by atoms with van der Waals surface area (Å²) in [5.74, 6) is -0.0320. The van der Waals surface area contributed by atoms with Crippen LogP contribution >= 0.6 is 0 Å². The van der Waals surface area contributed by atoms with Gasteiger partial charge in [-0.15, -0.1) is 0 Å². The molecule has 0 amide bonds. The van der Waals surface area contributed by atoms with Gasteiger partial charge in [0.05, 0.1) is 5.69 Å². The molecule has 5 heteroatoms. The van der Waals surface area contributed by atoms with Gasteiger partial charge in [-0.25, -0.2) is 0 Å². The molecule has 120 valence electrons. The fourth-order valence-corrected chi connectivity index (χ4v) is 2.48. The maximum Gasteiger partial charge on any atom is 0.124 e. The van der Waals surface area contributed by atoms with E-state index in [4.69, 9.17) is 16.9 Å². The molecule has 0 bridgehead atoms. The highest BCUT2D eigenvalue weighted by Gasteiger charge is 2.06. The Hall–Kier alpha value is -3.34. The highest BCUT2D eigenvalue weighted by molar-refractivity contribution is 6.00. The van der Waals surface area contributed by atoms with Crippen molar-refractivity contribution in [1.29, 1.82) is 5.41 Å². The predicted molar refractivity (Wildman–Crippen MR) is 98.9 cm³/mol. The summed E-state index contributed by atoms with van der Waals surface area (Å²) >= 11 is 0. The number of pyridine rings is 1. The first kappa shape index (κ1) is 15.6. The molecule has 0 fully saturated rings. The number of nitrogens with two attached hydrogens (primary N) is 2. The van der Waals surface area contributed by atoms with Crippen molar-refractivity contribution in [1.82, 2.24) is 4.98 Å². The van der Waals surface area contributed by atoms with Gasteiger partial charge in [0, 0.05) is 35.8 Å². The Balaban J connectivity index is 1.80. The summed E-state index contributed by atoms with van der Waals surface area (Å²) < 4.78 is 0. The van der Waals surface area contributed by atoms with Crippen molar-refractivity contribution < 1.29 is 0 Å². The van der Waals surface area contributed by atoms with Crippen molar-refractivity contribution in [2.45, 2.75) is 6.54 Å². The third-order valence-corrected chi connectivity index (χ3v) is 3.75. The number of nitrogens with zero attached hydrogens (tertiary/aromatic N) is 1. The zero-order chi connectivity index (χ0) is 16.9. The molecule has 0 aliphatic rings. The van der Waals surface area contributed by atoms with E-state index in [2.05, 4.69) is 22.4 Å². The topological polar surface area (TPSA) is 101 Å². The first-order valence-electron chi connectivity index (χ1n) is 7.60. The molecule has 5 nitrogen and oxygen atoms in total. The second-order valence-electron chi connectivity index (χ2n) is 5.52. The molecule has 1 heterocycles. The second-order valence-corrected chi connectivity index (χ2v) is 5.52. The minimum absolute atomic E-state index is 0.0320. The van der Waals surface area contributed by atoms with Crippen LogP contribution in [0.3, 0.4) is 0 Å². The van der Waals surface area contributed by atoms with E-state index >= 15 is 0 Å². The number of amidine groups is 1. The fourth-order valence-electron chi connectivity index (χ4n) is 2.48. The molecule has 0 saturated heterocycles. The van der Waals surface area contributed by atoms with E-state index in [0.717, 1.165) is 23.4 Å². The lowest BCUT2D eigenvalue weighted by Crippen LogP contribution is -2.13. The van der Waals surface area contributed by atoms with E-state index in [1.165, 1.54) is 5.56 Å². The highest BCUT2D eigenvalue weighted by atomic mass is 14.9. The molecule has 0 aliphatic heterocycles. The van der Waals surface area contributed by atoms with Crippen LogP contribution in [0.4, 0.5) is 11.4 Å². The zero-order valence-electron chi connectivity index (χ0n) is 13.2. The number of nitrogen functional groups attached to an aromatic ring is 2. The van der Waals surface area contributed by atoms with Crippen LogP contribution in [0.15, 0.2) is 67.0 Å². The van der Waals surface area contributed by atoms with Crippen LogP contribution in [0.1, 0.15) is 11.1 Å². The van der Waals surface area contributed by atoms with Gasteiger partial charge in [-0.1, -0.05) is 36.4 Å². The number of hydrogen-bond donors (Lipinski definition) is 4. The van der Waals surface area contributed by atoms with Gasteiger partial charge in [0.25, 0.3) is 0 Å². The van der Waals surface area contributed by atoms with Crippen LogP contribution in [0, 0.1) is 5.41 Å². The third-order valence-electron chi connectivity index (χ3n) is 3.75. The Morgan fingerprint density at radius 3 is 2.50 bits per heavy atom. The van der Waals surface area contributed by atoms with Gasteiger partial charge in [-0.05, 0) is 29.3 Å². The van der Waals surface area contributed by atoms with Crippen molar-refractivity contribution >= 4 is 17.2 Å². The van der Waals surface area contributed by atoms with Crippen molar-refractivity contribution in [2.75, 3.05) is 11.1 Å². The summed E-state index contributed by atoms with van der Waals surface area (Å²) in [6, 6.07) is 17.7. The molecule has 0 atom stereocenters. The van der Waals surface area contributed by atoms with Gasteiger partial charge < -0.3 is 16.8 Å². The minimum Gasteiger partial charge on any atom is -0.398 e. The van der Waals surface area contributed by atoms with Gasteiger partial charge in [0.1, 0.15) is 5.84 Å². The SMILES string of the molecule is N=C(N)c1ccc(-c2cncc(NCc3ccccc3)c2)cc1N. The molecule has 0 spiro atoms. The average Bonchev–Trinajstić information content (AvgIpc) is 2.61. The lowest BCUT2D eigenvalue weighted by molar-refractivity contribution is 1.14. The van der Waals surface area contributed by atoms with Crippen molar-refractivity contribution in [2.24, 2.45) is 5.73 Å². The van der Waals surface area contributed by atoms with Gasteiger partial charge in [-0.3, -0.25) is 10.4 Å². The zero-order valence-corrected chi connectivity index (χ0v) is 13.2. The first-order valence-corrected chi connectivity index (χ1v) is 7.60. The molecule has 3 rings (SSSR count). The van der Waals surface area contributed by atoms with Crippen LogP contribution in [0.5, 0.6) is 0 Å². The minimum atomic E-state index is -0.0320. The molecule has 0 aliphatic carbocycles. The molecular weight excluding hydrogens is 298 g/mol. The molecule has 0 unspecified atom stereocenters.